The number of rotatable bonds is 12. The third-order valence-corrected chi connectivity index (χ3v) is 5.22. The molecular weight excluding hydrogens is 271 g/mol. The summed E-state index contributed by atoms with van der Waals surface area (Å²) in [7, 11) is -2.15. The van der Waals surface area contributed by atoms with Crippen LogP contribution in [-0.2, 0) is 13.6 Å². The van der Waals surface area contributed by atoms with Crippen molar-refractivity contribution in [3.05, 3.63) is 25.3 Å². The van der Waals surface area contributed by atoms with Crippen molar-refractivity contribution in [2.45, 2.75) is 77.4 Å². The molecule has 4 heteroatoms. The van der Waals surface area contributed by atoms with Crippen LogP contribution in [0, 0.1) is 0 Å². The van der Waals surface area contributed by atoms with Crippen molar-refractivity contribution >= 4 is 8.25 Å². The Morgan fingerprint density at radius 3 is 1.35 bits per heavy atom. The molecular formula is C16H30O3P+. The monoisotopic (exact) mass is 301 g/mol. The van der Waals surface area contributed by atoms with Gasteiger partial charge in [-0.3, -0.25) is 0 Å². The summed E-state index contributed by atoms with van der Waals surface area (Å²) in [4.78, 5) is 0. The SMILES string of the molecule is C=CCC(CC)(CC)O[P+](=O)OC(CC)(CC)CC=C. The first-order valence-corrected chi connectivity index (χ1v) is 8.63. The van der Waals surface area contributed by atoms with Crippen molar-refractivity contribution in [3.63, 3.8) is 0 Å². The lowest BCUT2D eigenvalue weighted by molar-refractivity contribution is 0.00579. The van der Waals surface area contributed by atoms with E-state index in [0.717, 1.165) is 25.7 Å². The Hall–Kier alpha value is -0.500. The van der Waals surface area contributed by atoms with E-state index in [1.165, 1.54) is 0 Å². The van der Waals surface area contributed by atoms with Crippen LogP contribution in [0.5, 0.6) is 0 Å². The molecule has 20 heavy (non-hydrogen) atoms. The lowest BCUT2D eigenvalue weighted by Gasteiger charge is -2.26. The summed E-state index contributed by atoms with van der Waals surface area (Å²) in [5, 5.41) is 0. The van der Waals surface area contributed by atoms with Crippen molar-refractivity contribution in [1.29, 1.82) is 0 Å². The van der Waals surface area contributed by atoms with E-state index >= 15 is 0 Å². The van der Waals surface area contributed by atoms with Crippen molar-refractivity contribution in [1.82, 2.24) is 0 Å². The molecule has 0 aromatic heterocycles. The third kappa shape index (κ3) is 5.47. The van der Waals surface area contributed by atoms with Crippen LogP contribution in [0.2, 0.25) is 0 Å². The highest BCUT2D eigenvalue weighted by molar-refractivity contribution is 7.33. The number of hydrogen-bond donors (Lipinski definition) is 0. The van der Waals surface area contributed by atoms with E-state index in [9.17, 15) is 4.57 Å². The second-order valence-corrected chi connectivity index (χ2v) is 5.98. The smallest absolute Gasteiger partial charge is 0.112 e. The predicted molar refractivity (Wildman–Crippen MR) is 86.0 cm³/mol. The molecule has 0 rings (SSSR count). The fourth-order valence-corrected chi connectivity index (χ4v) is 3.61. The van der Waals surface area contributed by atoms with Gasteiger partial charge in [0.2, 0.25) is 0 Å². The van der Waals surface area contributed by atoms with Gasteiger partial charge in [0.1, 0.15) is 11.2 Å². The molecule has 0 spiro atoms. The highest BCUT2D eigenvalue weighted by Gasteiger charge is 2.44. The molecule has 0 saturated heterocycles. The van der Waals surface area contributed by atoms with E-state index in [1.807, 2.05) is 39.8 Å². The van der Waals surface area contributed by atoms with Gasteiger partial charge in [0, 0.05) is 4.57 Å². The molecule has 0 N–H and O–H groups in total. The lowest BCUT2D eigenvalue weighted by Crippen LogP contribution is -2.31. The highest BCUT2D eigenvalue weighted by Crippen LogP contribution is 2.43. The van der Waals surface area contributed by atoms with Crippen LogP contribution in [-0.4, -0.2) is 11.2 Å². The van der Waals surface area contributed by atoms with Crippen molar-refractivity contribution in [2.75, 3.05) is 0 Å². The summed E-state index contributed by atoms with van der Waals surface area (Å²) in [6, 6.07) is 0. The van der Waals surface area contributed by atoms with E-state index in [0.29, 0.717) is 12.8 Å². The normalized spacial score (nSPS) is 12.2. The molecule has 0 aliphatic heterocycles. The Labute approximate surface area is 125 Å². The molecule has 0 atom stereocenters. The molecule has 0 aliphatic carbocycles. The molecule has 0 bridgehead atoms. The third-order valence-electron chi connectivity index (χ3n) is 4.15. The molecule has 0 aliphatic rings. The Kier molecular flexibility index (Phi) is 9.20. The van der Waals surface area contributed by atoms with E-state index in [1.54, 1.807) is 0 Å². The molecule has 0 heterocycles. The largest absolute Gasteiger partial charge is 0.698 e. The maximum atomic E-state index is 12.3. The predicted octanol–water partition coefficient (Wildman–Crippen LogP) is 5.95. The molecule has 0 fully saturated rings. The Morgan fingerprint density at radius 2 is 1.15 bits per heavy atom. The molecule has 116 valence electrons. The molecule has 0 radical (unpaired) electrons. The van der Waals surface area contributed by atoms with Gasteiger partial charge in [-0.25, -0.2) is 0 Å². The summed E-state index contributed by atoms with van der Waals surface area (Å²) >= 11 is 0. The summed E-state index contributed by atoms with van der Waals surface area (Å²) in [5.74, 6) is 0. The first-order chi connectivity index (χ1) is 9.46. The van der Waals surface area contributed by atoms with Gasteiger partial charge in [0.05, 0.1) is 0 Å². The minimum atomic E-state index is -2.15. The van der Waals surface area contributed by atoms with Crippen molar-refractivity contribution in [3.8, 4) is 0 Å². The van der Waals surface area contributed by atoms with Gasteiger partial charge < -0.3 is 0 Å². The Balaban J connectivity index is 4.88. The van der Waals surface area contributed by atoms with Crippen molar-refractivity contribution in [2.24, 2.45) is 0 Å². The van der Waals surface area contributed by atoms with Crippen LogP contribution >= 0.6 is 8.25 Å². The summed E-state index contributed by atoms with van der Waals surface area (Å²) in [6.45, 7) is 15.7. The van der Waals surface area contributed by atoms with Crippen LogP contribution in [0.1, 0.15) is 66.2 Å². The van der Waals surface area contributed by atoms with Crippen LogP contribution < -0.4 is 0 Å². The quantitative estimate of drug-likeness (QED) is 0.330. The van der Waals surface area contributed by atoms with Gasteiger partial charge in [-0.05, 0) is 38.5 Å². The van der Waals surface area contributed by atoms with E-state index in [-0.39, 0.29) is 0 Å². The second kappa shape index (κ2) is 9.44. The van der Waals surface area contributed by atoms with E-state index < -0.39 is 19.5 Å². The highest BCUT2D eigenvalue weighted by atomic mass is 31.1. The molecule has 0 saturated carbocycles. The van der Waals surface area contributed by atoms with Gasteiger partial charge in [0.15, 0.2) is 0 Å². The summed E-state index contributed by atoms with van der Waals surface area (Å²) in [5.41, 5.74) is -0.868. The lowest BCUT2D eigenvalue weighted by atomic mass is 9.94. The first kappa shape index (κ1) is 19.5. The maximum absolute atomic E-state index is 12.3. The van der Waals surface area contributed by atoms with Crippen molar-refractivity contribution < 1.29 is 13.6 Å². The average Bonchev–Trinajstić information content (AvgIpc) is 2.46. The zero-order chi connectivity index (χ0) is 15.6. The summed E-state index contributed by atoms with van der Waals surface area (Å²) in [6.07, 6.45) is 8.12. The second-order valence-electron chi connectivity index (χ2n) is 5.17. The topological polar surface area (TPSA) is 35.5 Å². The number of hydrogen-bond acceptors (Lipinski definition) is 3. The average molecular weight is 301 g/mol. The standard InChI is InChI=1S/C16H30O3P/c1-7-13-15(9-3,10-4)18-20(17)19-16(11-5,12-6)14-8-2/h7-8H,1-2,9-14H2,3-6H3/q+1. The molecule has 0 aromatic carbocycles. The van der Waals surface area contributed by atoms with Crippen LogP contribution in [0.4, 0.5) is 0 Å². The Bertz CT molecular complexity index is 288. The van der Waals surface area contributed by atoms with E-state index in [2.05, 4.69) is 13.2 Å². The zero-order valence-electron chi connectivity index (χ0n) is 13.5. The van der Waals surface area contributed by atoms with Gasteiger partial charge in [-0.1, -0.05) is 39.8 Å². The maximum Gasteiger partial charge on any atom is 0.698 e. The summed E-state index contributed by atoms with van der Waals surface area (Å²) < 4.78 is 23.8. The van der Waals surface area contributed by atoms with Crippen LogP contribution in [0.15, 0.2) is 25.3 Å². The minimum absolute atomic E-state index is 0.434. The molecule has 0 unspecified atom stereocenters. The van der Waals surface area contributed by atoms with Gasteiger partial charge in [0.25, 0.3) is 0 Å². The van der Waals surface area contributed by atoms with Gasteiger partial charge >= 0.3 is 8.25 Å². The van der Waals surface area contributed by atoms with Crippen LogP contribution in [0.25, 0.3) is 0 Å². The zero-order valence-corrected chi connectivity index (χ0v) is 14.4. The van der Waals surface area contributed by atoms with Gasteiger partial charge in [-0.2, -0.15) is 0 Å². The molecule has 0 aromatic rings. The molecule has 3 nitrogen and oxygen atoms in total. The van der Waals surface area contributed by atoms with Crippen LogP contribution in [0.3, 0.4) is 0 Å². The fourth-order valence-electron chi connectivity index (χ4n) is 2.27. The minimum Gasteiger partial charge on any atom is -0.112 e. The molecule has 0 amide bonds. The fraction of sp³-hybridized carbons (Fsp3) is 0.750. The Morgan fingerprint density at radius 1 is 0.850 bits per heavy atom. The first-order valence-electron chi connectivity index (χ1n) is 7.54. The van der Waals surface area contributed by atoms with Gasteiger partial charge in [-0.15, -0.1) is 22.2 Å². The van der Waals surface area contributed by atoms with E-state index in [4.69, 9.17) is 9.05 Å².